The van der Waals surface area contributed by atoms with E-state index in [4.69, 9.17) is 14.2 Å². The Labute approximate surface area is 124 Å². The number of rotatable bonds is 1. The lowest BCUT2D eigenvalue weighted by molar-refractivity contribution is -0.314. The zero-order valence-corrected chi connectivity index (χ0v) is 13.1. The van der Waals surface area contributed by atoms with E-state index >= 15 is 0 Å². The maximum absolute atomic E-state index is 12.1. The summed E-state index contributed by atoms with van der Waals surface area (Å²) in [6, 6.07) is 0. The number of methoxy groups -OCH3 is 1. The highest BCUT2D eigenvalue weighted by Gasteiger charge is 2.82. The number of hydrogen-bond acceptors (Lipinski definition) is 5. The fraction of sp³-hybridized carbons (Fsp3) is 0.938. The van der Waals surface area contributed by atoms with Gasteiger partial charge in [0.05, 0.1) is 12.0 Å². The van der Waals surface area contributed by atoms with Crippen LogP contribution in [-0.4, -0.2) is 41.3 Å². The Kier molecular flexibility index (Phi) is 2.42. The minimum Gasteiger partial charge on any atom is -0.429 e. The van der Waals surface area contributed by atoms with Crippen molar-refractivity contribution in [2.24, 2.45) is 17.3 Å². The van der Waals surface area contributed by atoms with Gasteiger partial charge in [0, 0.05) is 18.9 Å². The molecule has 4 rings (SSSR count). The van der Waals surface area contributed by atoms with E-state index < -0.39 is 17.3 Å². The number of aliphatic hydroxyl groups is 1. The molecular formula is C16H24O5. The fourth-order valence-electron chi connectivity index (χ4n) is 5.37. The van der Waals surface area contributed by atoms with E-state index in [1.165, 1.54) is 7.11 Å². The first-order chi connectivity index (χ1) is 9.75. The summed E-state index contributed by atoms with van der Waals surface area (Å²) in [4.78, 5) is 12.1. The normalized spacial score (nSPS) is 61.6. The van der Waals surface area contributed by atoms with E-state index in [1.54, 1.807) is 6.92 Å². The molecular weight excluding hydrogens is 272 g/mol. The molecule has 1 spiro atoms. The van der Waals surface area contributed by atoms with Crippen LogP contribution < -0.4 is 0 Å². The summed E-state index contributed by atoms with van der Waals surface area (Å²) in [7, 11) is 1.51. The molecule has 2 saturated heterocycles. The standard InChI is InChI=1S/C16H24O5/c1-9-5-6-11-15(20-11)8-16(19-4)14(18,7-13(9,15)3)10(2)12(17)21-16/h9-11,18H,5-8H2,1-4H3. The van der Waals surface area contributed by atoms with Crippen molar-refractivity contribution in [3.8, 4) is 0 Å². The molecule has 1 N–H and O–H groups in total. The maximum Gasteiger partial charge on any atom is 0.314 e. The van der Waals surface area contributed by atoms with Crippen molar-refractivity contribution < 1.29 is 24.1 Å². The molecule has 0 aromatic heterocycles. The summed E-state index contributed by atoms with van der Waals surface area (Å²) in [5.74, 6) is -1.76. The van der Waals surface area contributed by atoms with E-state index in [-0.39, 0.29) is 23.1 Å². The highest BCUT2D eigenvalue weighted by atomic mass is 16.7. The monoisotopic (exact) mass is 296 g/mol. The van der Waals surface area contributed by atoms with Crippen LogP contribution in [0.4, 0.5) is 0 Å². The summed E-state index contributed by atoms with van der Waals surface area (Å²) < 4.78 is 17.3. The number of carbonyl (C=O) groups is 1. The zero-order valence-electron chi connectivity index (χ0n) is 13.1. The van der Waals surface area contributed by atoms with Crippen molar-refractivity contribution in [1.82, 2.24) is 0 Å². The van der Waals surface area contributed by atoms with E-state index in [1.807, 2.05) is 0 Å². The van der Waals surface area contributed by atoms with Gasteiger partial charge in [0.1, 0.15) is 11.2 Å². The van der Waals surface area contributed by atoms with Crippen molar-refractivity contribution in [3.05, 3.63) is 0 Å². The second-order valence-corrected chi connectivity index (χ2v) is 7.77. The topological polar surface area (TPSA) is 68.3 Å². The Morgan fingerprint density at radius 3 is 2.67 bits per heavy atom. The van der Waals surface area contributed by atoms with Gasteiger partial charge in [-0.05, 0) is 32.1 Å². The minimum absolute atomic E-state index is 0.144. The van der Waals surface area contributed by atoms with Gasteiger partial charge >= 0.3 is 5.97 Å². The number of hydrogen-bond donors (Lipinski definition) is 1. The first kappa shape index (κ1) is 14.0. The lowest BCUT2D eigenvalue weighted by Crippen LogP contribution is -2.68. The smallest absolute Gasteiger partial charge is 0.314 e. The SMILES string of the molecule is COC12CC34OC3CCC(C)C4(C)CC1(O)C(C)C(=O)O2. The van der Waals surface area contributed by atoms with Crippen LogP contribution in [0.25, 0.3) is 0 Å². The fourth-order valence-corrected chi connectivity index (χ4v) is 5.37. The lowest BCUT2D eigenvalue weighted by Gasteiger charge is -2.57. The molecule has 2 saturated carbocycles. The summed E-state index contributed by atoms with van der Waals surface area (Å²) in [6.45, 7) is 6.16. The minimum atomic E-state index is -1.28. The number of esters is 1. The largest absolute Gasteiger partial charge is 0.429 e. The van der Waals surface area contributed by atoms with Crippen LogP contribution in [-0.2, 0) is 19.0 Å². The van der Waals surface area contributed by atoms with Crippen LogP contribution in [0, 0.1) is 17.3 Å². The first-order valence-corrected chi connectivity index (χ1v) is 7.93. The van der Waals surface area contributed by atoms with Gasteiger partial charge in [-0.25, -0.2) is 0 Å². The molecule has 2 aliphatic heterocycles. The third-order valence-electron chi connectivity index (χ3n) is 7.19. The molecule has 0 aromatic rings. The van der Waals surface area contributed by atoms with Gasteiger partial charge in [0.2, 0.25) is 5.79 Å². The van der Waals surface area contributed by atoms with Crippen molar-refractivity contribution in [3.63, 3.8) is 0 Å². The Morgan fingerprint density at radius 2 is 2.00 bits per heavy atom. The van der Waals surface area contributed by atoms with Gasteiger partial charge in [-0.15, -0.1) is 0 Å². The van der Waals surface area contributed by atoms with Crippen molar-refractivity contribution in [2.75, 3.05) is 7.11 Å². The molecule has 4 fully saturated rings. The third-order valence-corrected chi connectivity index (χ3v) is 7.19. The number of fused-ring (bicyclic) bond motifs is 1. The van der Waals surface area contributed by atoms with E-state index in [0.717, 1.165) is 12.8 Å². The van der Waals surface area contributed by atoms with Gasteiger partial charge in [0.25, 0.3) is 0 Å². The maximum atomic E-state index is 12.1. The Balaban J connectivity index is 1.84. The van der Waals surface area contributed by atoms with Crippen LogP contribution in [0.1, 0.15) is 46.5 Å². The average molecular weight is 296 g/mol. The molecule has 118 valence electrons. The number of carbonyl (C=O) groups excluding carboxylic acids is 1. The quantitative estimate of drug-likeness (QED) is 0.588. The number of epoxide rings is 1. The predicted octanol–water partition coefficient (Wildman–Crippen LogP) is 1.62. The van der Waals surface area contributed by atoms with E-state index in [0.29, 0.717) is 18.8 Å². The van der Waals surface area contributed by atoms with Gasteiger partial charge in [-0.2, -0.15) is 0 Å². The summed E-state index contributed by atoms with van der Waals surface area (Å²) in [5, 5.41) is 11.3. The van der Waals surface area contributed by atoms with Gasteiger partial charge in [-0.3, -0.25) is 4.79 Å². The first-order valence-electron chi connectivity index (χ1n) is 7.93. The molecule has 0 bridgehead atoms. The molecule has 0 radical (unpaired) electrons. The third kappa shape index (κ3) is 1.28. The molecule has 2 heterocycles. The second-order valence-electron chi connectivity index (χ2n) is 7.77. The van der Waals surface area contributed by atoms with Crippen LogP contribution in [0.5, 0.6) is 0 Å². The molecule has 5 nitrogen and oxygen atoms in total. The Bertz CT molecular complexity index is 521. The predicted molar refractivity (Wildman–Crippen MR) is 73.3 cm³/mol. The number of ether oxygens (including phenoxy) is 3. The Morgan fingerprint density at radius 1 is 1.29 bits per heavy atom. The highest BCUT2D eigenvalue weighted by molar-refractivity contribution is 5.77. The van der Waals surface area contributed by atoms with Gasteiger partial charge in [0.15, 0.2) is 0 Å². The van der Waals surface area contributed by atoms with Gasteiger partial charge < -0.3 is 19.3 Å². The molecule has 4 aliphatic rings. The summed E-state index contributed by atoms with van der Waals surface area (Å²) >= 11 is 0. The van der Waals surface area contributed by atoms with Gasteiger partial charge in [-0.1, -0.05) is 13.8 Å². The molecule has 7 unspecified atom stereocenters. The van der Waals surface area contributed by atoms with Crippen LogP contribution in [0.15, 0.2) is 0 Å². The van der Waals surface area contributed by atoms with Crippen LogP contribution >= 0.6 is 0 Å². The average Bonchev–Trinajstić information content (AvgIpc) is 3.11. The van der Waals surface area contributed by atoms with Crippen LogP contribution in [0.3, 0.4) is 0 Å². The summed E-state index contributed by atoms with van der Waals surface area (Å²) in [6.07, 6.45) is 3.28. The molecule has 7 atom stereocenters. The van der Waals surface area contributed by atoms with E-state index in [2.05, 4.69) is 13.8 Å². The van der Waals surface area contributed by atoms with Crippen LogP contribution in [0.2, 0.25) is 0 Å². The second kappa shape index (κ2) is 3.63. The molecule has 5 heteroatoms. The van der Waals surface area contributed by atoms with E-state index in [9.17, 15) is 9.90 Å². The molecule has 0 amide bonds. The lowest BCUT2D eigenvalue weighted by atomic mass is 9.50. The highest BCUT2D eigenvalue weighted by Crippen LogP contribution is 2.72. The van der Waals surface area contributed by atoms with Crippen molar-refractivity contribution >= 4 is 5.97 Å². The van der Waals surface area contributed by atoms with Crippen molar-refractivity contribution in [2.45, 2.75) is 69.5 Å². The summed E-state index contributed by atoms with van der Waals surface area (Å²) in [5.41, 5.74) is -1.73. The Hall–Kier alpha value is -0.650. The zero-order chi connectivity index (χ0) is 15.3. The molecule has 0 aromatic carbocycles. The molecule has 2 aliphatic carbocycles. The van der Waals surface area contributed by atoms with Crippen molar-refractivity contribution in [1.29, 1.82) is 0 Å². The molecule has 21 heavy (non-hydrogen) atoms.